The zero-order chi connectivity index (χ0) is 13.7. The van der Waals surface area contributed by atoms with Crippen LogP contribution in [0, 0.1) is 13.8 Å². The minimum absolute atomic E-state index is 0.0685. The third kappa shape index (κ3) is 4.24. The summed E-state index contributed by atoms with van der Waals surface area (Å²) in [5.74, 6) is 0.939. The van der Waals surface area contributed by atoms with E-state index in [4.69, 9.17) is 4.74 Å². The van der Waals surface area contributed by atoms with Crippen LogP contribution in [0.4, 0.5) is 0 Å². The smallest absolute Gasteiger partial charge is 0.223 e. The molecule has 2 N–H and O–H groups in total. The monoisotopic (exact) mass is 262 g/mol. The molecule has 4 nitrogen and oxygen atoms in total. The van der Waals surface area contributed by atoms with Crippen LogP contribution in [0.1, 0.15) is 24.0 Å². The van der Waals surface area contributed by atoms with Crippen LogP contribution in [0.15, 0.2) is 18.2 Å². The van der Waals surface area contributed by atoms with Crippen LogP contribution >= 0.6 is 0 Å². The normalized spacial score (nSPS) is 18.3. The highest BCUT2D eigenvalue weighted by Crippen LogP contribution is 2.19. The number of rotatable bonds is 5. The van der Waals surface area contributed by atoms with Gasteiger partial charge in [-0.1, -0.05) is 12.1 Å². The molecule has 104 valence electrons. The van der Waals surface area contributed by atoms with Crippen LogP contribution in [0.2, 0.25) is 0 Å². The van der Waals surface area contributed by atoms with Gasteiger partial charge in [0.2, 0.25) is 5.91 Å². The Labute approximate surface area is 114 Å². The van der Waals surface area contributed by atoms with Crippen LogP contribution in [0.3, 0.4) is 0 Å². The van der Waals surface area contributed by atoms with E-state index in [0.717, 1.165) is 30.8 Å². The predicted octanol–water partition coefficient (Wildman–Crippen LogP) is 1.55. The second kappa shape index (κ2) is 6.57. The fourth-order valence-electron chi connectivity index (χ4n) is 2.19. The molecular formula is C15H22N2O2. The number of carbonyl (C=O) groups is 1. The third-order valence-corrected chi connectivity index (χ3v) is 3.36. The van der Waals surface area contributed by atoms with Gasteiger partial charge in [-0.3, -0.25) is 4.79 Å². The number of nitrogens with one attached hydrogen (secondary N) is 2. The maximum atomic E-state index is 11.7. The molecule has 1 aliphatic heterocycles. The minimum atomic E-state index is 0.0685. The molecule has 0 saturated carbocycles. The molecule has 1 aliphatic rings. The van der Waals surface area contributed by atoms with Crippen LogP contribution in [0.25, 0.3) is 0 Å². The molecule has 19 heavy (non-hydrogen) atoms. The van der Waals surface area contributed by atoms with Gasteiger partial charge in [0.15, 0.2) is 0 Å². The lowest BCUT2D eigenvalue weighted by molar-refractivity contribution is -0.122. The van der Waals surface area contributed by atoms with Crippen molar-refractivity contribution in [1.29, 1.82) is 0 Å². The summed E-state index contributed by atoms with van der Waals surface area (Å²) in [5, 5.41) is 6.24. The Bertz CT molecular complexity index is 440. The zero-order valence-electron chi connectivity index (χ0n) is 11.7. The van der Waals surface area contributed by atoms with Crippen LogP contribution in [-0.2, 0) is 4.79 Å². The lowest BCUT2D eigenvalue weighted by atomic mass is 10.1. The maximum Gasteiger partial charge on any atom is 0.223 e. The number of ether oxygens (including phenoxy) is 1. The first-order chi connectivity index (χ1) is 9.15. The molecular weight excluding hydrogens is 240 g/mol. The number of amides is 1. The van der Waals surface area contributed by atoms with Gasteiger partial charge >= 0.3 is 0 Å². The molecule has 0 radical (unpaired) electrons. The van der Waals surface area contributed by atoms with Gasteiger partial charge in [0.05, 0.1) is 13.0 Å². The van der Waals surface area contributed by atoms with Gasteiger partial charge < -0.3 is 15.4 Å². The van der Waals surface area contributed by atoms with Gasteiger partial charge in [-0.2, -0.15) is 0 Å². The van der Waals surface area contributed by atoms with E-state index in [0.29, 0.717) is 13.0 Å². The van der Waals surface area contributed by atoms with E-state index in [1.807, 2.05) is 26.0 Å². The first kappa shape index (κ1) is 13.9. The number of carbonyl (C=O) groups excluding carboxylic acids is 1. The molecule has 0 spiro atoms. The van der Waals surface area contributed by atoms with Gasteiger partial charge in [-0.05, 0) is 44.0 Å². The zero-order valence-corrected chi connectivity index (χ0v) is 11.7. The summed E-state index contributed by atoms with van der Waals surface area (Å²) in [5.41, 5.74) is 2.27. The Morgan fingerprint density at radius 1 is 1.47 bits per heavy atom. The Morgan fingerprint density at radius 3 is 3.05 bits per heavy atom. The van der Waals surface area contributed by atoms with E-state index in [-0.39, 0.29) is 11.9 Å². The highest BCUT2D eigenvalue weighted by Gasteiger charge is 2.16. The third-order valence-electron chi connectivity index (χ3n) is 3.36. The van der Waals surface area contributed by atoms with Crippen molar-refractivity contribution in [3.63, 3.8) is 0 Å². The highest BCUT2D eigenvalue weighted by atomic mass is 16.5. The highest BCUT2D eigenvalue weighted by molar-refractivity contribution is 5.76. The number of hydrogen-bond acceptors (Lipinski definition) is 3. The Balaban J connectivity index is 1.73. The molecule has 1 atom stereocenters. The molecule has 1 aromatic carbocycles. The molecule has 0 bridgehead atoms. The van der Waals surface area contributed by atoms with Crippen LogP contribution < -0.4 is 15.4 Å². The molecule has 4 heteroatoms. The fraction of sp³-hybridized carbons (Fsp3) is 0.533. The van der Waals surface area contributed by atoms with Crippen LogP contribution in [-0.4, -0.2) is 31.6 Å². The minimum Gasteiger partial charge on any atom is -0.493 e. The average molecular weight is 262 g/mol. The van der Waals surface area contributed by atoms with Gasteiger partial charge in [0.1, 0.15) is 5.75 Å². The van der Waals surface area contributed by atoms with Crippen molar-refractivity contribution >= 4 is 5.91 Å². The van der Waals surface area contributed by atoms with E-state index >= 15 is 0 Å². The SMILES string of the molecule is Cc1ccc(C)c(OCCC(=O)NC2CCNC2)c1. The number of aryl methyl sites for hydroxylation is 2. The molecule has 1 unspecified atom stereocenters. The van der Waals surface area contributed by atoms with E-state index in [2.05, 4.69) is 16.7 Å². The summed E-state index contributed by atoms with van der Waals surface area (Å²) in [6.45, 7) is 6.34. The second-order valence-corrected chi connectivity index (χ2v) is 5.12. The van der Waals surface area contributed by atoms with E-state index in [1.54, 1.807) is 0 Å². The number of benzene rings is 1. The van der Waals surface area contributed by atoms with Crippen molar-refractivity contribution in [2.24, 2.45) is 0 Å². The summed E-state index contributed by atoms with van der Waals surface area (Å²) in [4.78, 5) is 11.7. The first-order valence-corrected chi connectivity index (χ1v) is 6.85. The summed E-state index contributed by atoms with van der Waals surface area (Å²) in [7, 11) is 0. The predicted molar refractivity (Wildman–Crippen MR) is 75.4 cm³/mol. The molecule has 2 rings (SSSR count). The van der Waals surface area contributed by atoms with Crippen molar-refractivity contribution in [2.45, 2.75) is 32.7 Å². The Kier molecular flexibility index (Phi) is 4.80. The van der Waals surface area contributed by atoms with Gasteiger partial charge in [-0.15, -0.1) is 0 Å². The van der Waals surface area contributed by atoms with Crippen molar-refractivity contribution in [3.05, 3.63) is 29.3 Å². The first-order valence-electron chi connectivity index (χ1n) is 6.85. The molecule has 1 aromatic rings. The topological polar surface area (TPSA) is 50.4 Å². The lowest BCUT2D eigenvalue weighted by Gasteiger charge is -2.12. The standard InChI is InChI=1S/C15H22N2O2/c1-11-3-4-12(2)14(9-11)19-8-6-15(18)17-13-5-7-16-10-13/h3-4,9,13,16H,5-8,10H2,1-2H3,(H,17,18). The quantitative estimate of drug-likeness (QED) is 0.846. The second-order valence-electron chi connectivity index (χ2n) is 5.12. The molecule has 1 heterocycles. The molecule has 1 saturated heterocycles. The van der Waals surface area contributed by atoms with E-state index in [9.17, 15) is 4.79 Å². The van der Waals surface area contributed by atoms with Crippen molar-refractivity contribution < 1.29 is 9.53 Å². The Morgan fingerprint density at radius 2 is 2.32 bits per heavy atom. The number of hydrogen-bond donors (Lipinski definition) is 2. The van der Waals surface area contributed by atoms with Crippen molar-refractivity contribution in [1.82, 2.24) is 10.6 Å². The van der Waals surface area contributed by atoms with E-state index < -0.39 is 0 Å². The lowest BCUT2D eigenvalue weighted by Crippen LogP contribution is -2.36. The van der Waals surface area contributed by atoms with Gasteiger partial charge in [0.25, 0.3) is 0 Å². The van der Waals surface area contributed by atoms with Crippen molar-refractivity contribution in [3.8, 4) is 5.75 Å². The van der Waals surface area contributed by atoms with Crippen molar-refractivity contribution in [2.75, 3.05) is 19.7 Å². The molecule has 0 aromatic heterocycles. The Hall–Kier alpha value is -1.55. The summed E-state index contributed by atoms with van der Waals surface area (Å²) in [6.07, 6.45) is 1.42. The fourth-order valence-corrected chi connectivity index (χ4v) is 2.19. The summed E-state index contributed by atoms with van der Waals surface area (Å²) < 4.78 is 5.68. The largest absolute Gasteiger partial charge is 0.493 e. The summed E-state index contributed by atoms with van der Waals surface area (Å²) >= 11 is 0. The average Bonchev–Trinajstić information content (AvgIpc) is 2.86. The molecule has 1 fully saturated rings. The molecule has 1 amide bonds. The summed E-state index contributed by atoms with van der Waals surface area (Å²) in [6, 6.07) is 6.39. The maximum absolute atomic E-state index is 11.7. The van der Waals surface area contributed by atoms with Crippen LogP contribution in [0.5, 0.6) is 5.75 Å². The van der Waals surface area contributed by atoms with E-state index in [1.165, 1.54) is 5.56 Å². The van der Waals surface area contributed by atoms with Gasteiger partial charge in [0, 0.05) is 12.6 Å². The molecule has 0 aliphatic carbocycles. The van der Waals surface area contributed by atoms with Gasteiger partial charge in [-0.25, -0.2) is 0 Å².